The molecule has 0 amide bonds. The number of thioether (sulfide) groups is 1. The normalized spacial score (nSPS) is 10.7. The molecule has 2 N–H and O–H groups in total. The summed E-state index contributed by atoms with van der Waals surface area (Å²) in [4.78, 5) is 0. The van der Waals surface area contributed by atoms with Crippen LogP contribution in [0.2, 0.25) is 5.02 Å². The van der Waals surface area contributed by atoms with E-state index in [9.17, 15) is 0 Å². The fourth-order valence-corrected chi connectivity index (χ4v) is 2.40. The van der Waals surface area contributed by atoms with Crippen LogP contribution in [-0.4, -0.2) is 26.8 Å². The third-order valence-corrected chi connectivity index (χ3v) is 3.36. The maximum atomic E-state index is 5.92. The molecular formula is C10H12ClN5S. The second-order valence-electron chi connectivity index (χ2n) is 3.39. The molecule has 2 aromatic rings. The largest absolute Gasteiger partial charge is 0.329 e. The van der Waals surface area contributed by atoms with Crippen molar-refractivity contribution in [1.29, 1.82) is 0 Å². The predicted molar refractivity (Wildman–Crippen MR) is 67.9 cm³/mol. The van der Waals surface area contributed by atoms with E-state index in [4.69, 9.17) is 17.3 Å². The summed E-state index contributed by atoms with van der Waals surface area (Å²) in [5, 5.41) is 13.0. The van der Waals surface area contributed by atoms with E-state index in [1.807, 2.05) is 24.3 Å². The van der Waals surface area contributed by atoms with E-state index in [2.05, 4.69) is 15.5 Å². The fraction of sp³-hybridized carbons (Fsp3) is 0.300. The van der Waals surface area contributed by atoms with E-state index in [1.165, 1.54) is 0 Å². The molecule has 0 saturated heterocycles. The number of rotatable bonds is 5. The van der Waals surface area contributed by atoms with Gasteiger partial charge in [0.05, 0.1) is 6.54 Å². The lowest BCUT2D eigenvalue weighted by atomic mass is 10.2. The van der Waals surface area contributed by atoms with E-state index in [0.29, 0.717) is 13.1 Å². The average Bonchev–Trinajstić information content (AvgIpc) is 2.75. The molecule has 90 valence electrons. The number of halogens is 1. The van der Waals surface area contributed by atoms with Crippen molar-refractivity contribution >= 4 is 23.4 Å². The van der Waals surface area contributed by atoms with E-state index in [1.54, 1.807) is 16.4 Å². The van der Waals surface area contributed by atoms with Gasteiger partial charge in [-0.15, -0.1) is 5.10 Å². The highest BCUT2D eigenvalue weighted by atomic mass is 35.5. The highest BCUT2D eigenvalue weighted by molar-refractivity contribution is 7.98. The molecule has 0 aliphatic heterocycles. The van der Waals surface area contributed by atoms with Crippen molar-refractivity contribution < 1.29 is 0 Å². The van der Waals surface area contributed by atoms with Gasteiger partial charge in [-0.25, -0.2) is 4.68 Å². The van der Waals surface area contributed by atoms with Crippen LogP contribution < -0.4 is 5.73 Å². The SMILES string of the molecule is NCCn1nnnc1SCc1cccc(Cl)c1. The fourth-order valence-electron chi connectivity index (χ4n) is 1.34. The van der Waals surface area contributed by atoms with Crippen molar-refractivity contribution in [1.82, 2.24) is 20.2 Å². The molecule has 0 spiro atoms. The number of hydrogen-bond acceptors (Lipinski definition) is 5. The summed E-state index contributed by atoms with van der Waals surface area (Å²) >= 11 is 7.48. The summed E-state index contributed by atoms with van der Waals surface area (Å²) in [6.45, 7) is 1.15. The lowest BCUT2D eigenvalue weighted by Gasteiger charge is -2.02. The van der Waals surface area contributed by atoms with Gasteiger partial charge < -0.3 is 5.73 Å². The number of nitrogens with zero attached hydrogens (tertiary/aromatic N) is 4. The van der Waals surface area contributed by atoms with Gasteiger partial charge in [-0.1, -0.05) is 35.5 Å². The van der Waals surface area contributed by atoms with Gasteiger partial charge in [0.15, 0.2) is 0 Å². The van der Waals surface area contributed by atoms with Gasteiger partial charge in [-0.2, -0.15) is 0 Å². The molecule has 5 nitrogen and oxygen atoms in total. The van der Waals surface area contributed by atoms with Crippen LogP contribution in [0.3, 0.4) is 0 Å². The molecule has 0 fully saturated rings. The molecule has 0 radical (unpaired) electrons. The van der Waals surface area contributed by atoms with Crippen LogP contribution >= 0.6 is 23.4 Å². The van der Waals surface area contributed by atoms with Gasteiger partial charge in [0.1, 0.15) is 0 Å². The first-order chi connectivity index (χ1) is 8.29. The highest BCUT2D eigenvalue weighted by Crippen LogP contribution is 2.21. The van der Waals surface area contributed by atoms with Crippen molar-refractivity contribution in [3.05, 3.63) is 34.9 Å². The molecule has 0 aliphatic carbocycles. The first-order valence-electron chi connectivity index (χ1n) is 5.13. The molecule has 0 atom stereocenters. The van der Waals surface area contributed by atoms with Gasteiger partial charge in [-0.05, 0) is 28.1 Å². The van der Waals surface area contributed by atoms with Crippen LogP contribution in [0, 0.1) is 0 Å². The van der Waals surface area contributed by atoms with Crippen molar-refractivity contribution in [3.63, 3.8) is 0 Å². The summed E-state index contributed by atoms with van der Waals surface area (Å²) in [5.74, 6) is 0.783. The smallest absolute Gasteiger partial charge is 0.209 e. The molecule has 17 heavy (non-hydrogen) atoms. The second-order valence-corrected chi connectivity index (χ2v) is 4.77. The maximum Gasteiger partial charge on any atom is 0.209 e. The Bertz CT molecular complexity index is 487. The minimum atomic E-state index is 0.524. The summed E-state index contributed by atoms with van der Waals surface area (Å²) in [6.07, 6.45) is 0. The Labute approximate surface area is 108 Å². The van der Waals surface area contributed by atoms with Crippen LogP contribution in [-0.2, 0) is 12.3 Å². The number of benzene rings is 1. The Kier molecular flexibility index (Phi) is 4.36. The number of nitrogens with two attached hydrogens (primary N) is 1. The third-order valence-electron chi connectivity index (χ3n) is 2.10. The summed E-state index contributed by atoms with van der Waals surface area (Å²) < 4.78 is 1.70. The van der Waals surface area contributed by atoms with Crippen LogP contribution in [0.15, 0.2) is 29.4 Å². The van der Waals surface area contributed by atoms with E-state index in [0.717, 1.165) is 21.5 Å². The van der Waals surface area contributed by atoms with Gasteiger partial charge in [0.2, 0.25) is 5.16 Å². The Morgan fingerprint density at radius 3 is 3.06 bits per heavy atom. The quantitative estimate of drug-likeness (QED) is 0.835. The summed E-state index contributed by atoms with van der Waals surface area (Å²) in [5.41, 5.74) is 6.62. The van der Waals surface area contributed by atoms with Crippen LogP contribution in [0.5, 0.6) is 0 Å². The van der Waals surface area contributed by atoms with Gasteiger partial charge in [0, 0.05) is 17.3 Å². The second kappa shape index (κ2) is 6.00. The predicted octanol–water partition coefficient (Wildman–Crippen LogP) is 1.58. The highest BCUT2D eigenvalue weighted by Gasteiger charge is 2.06. The summed E-state index contributed by atoms with van der Waals surface area (Å²) in [7, 11) is 0. The van der Waals surface area contributed by atoms with Gasteiger partial charge in [-0.3, -0.25) is 0 Å². The zero-order valence-corrected chi connectivity index (χ0v) is 10.7. The van der Waals surface area contributed by atoms with Crippen molar-refractivity contribution in [2.75, 3.05) is 6.54 Å². The van der Waals surface area contributed by atoms with Gasteiger partial charge >= 0.3 is 0 Å². The number of tetrazole rings is 1. The molecule has 0 saturated carbocycles. The van der Waals surface area contributed by atoms with E-state index < -0.39 is 0 Å². The minimum absolute atomic E-state index is 0.524. The molecule has 1 heterocycles. The Hall–Kier alpha value is -1.11. The molecule has 0 unspecified atom stereocenters. The standard InChI is InChI=1S/C10H12ClN5S/c11-9-3-1-2-8(6-9)7-17-10-13-14-15-16(10)5-4-12/h1-3,6H,4-5,7,12H2. The lowest BCUT2D eigenvalue weighted by molar-refractivity contribution is 0.557. The van der Waals surface area contributed by atoms with E-state index >= 15 is 0 Å². The molecular weight excluding hydrogens is 258 g/mol. The Morgan fingerprint density at radius 2 is 2.29 bits per heavy atom. The molecule has 1 aromatic heterocycles. The van der Waals surface area contributed by atoms with E-state index in [-0.39, 0.29) is 0 Å². The third kappa shape index (κ3) is 3.42. The number of hydrogen-bond donors (Lipinski definition) is 1. The van der Waals surface area contributed by atoms with Crippen molar-refractivity contribution in [2.45, 2.75) is 17.5 Å². The van der Waals surface area contributed by atoms with Crippen molar-refractivity contribution in [2.24, 2.45) is 5.73 Å². The first-order valence-corrected chi connectivity index (χ1v) is 6.49. The zero-order valence-electron chi connectivity index (χ0n) is 9.08. The Morgan fingerprint density at radius 1 is 1.41 bits per heavy atom. The van der Waals surface area contributed by atoms with Crippen LogP contribution in [0.4, 0.5) is 0 Å². The zero-order chi connectivity index (χ0) is 12.1. The topological polar surface area (TPSA) is 69.6 Å². The first kappa shape index (κ1) is 12.3. The van der Waals surface area contributed by atoms with Crippen LogP contribution in [0.1, 0.15) is 5.56 Å². The molecule has 0 bridgehead atoms. The maximum absolute atomic E-state index is 5.92. The average molecular weight is 270 g/mol. The number of aromatic nitrogens is 4. The lowest BCUT2D eigenvalue weighted by Crippen LogP contribution is -2.12. The van der Waals surface area contributed by atoms with Gasteiger partial charge in [0.25, 0.3) is 0 Å². The van der Waals surface area contributed by atoms with Crippen LogP contribution in [0.25, 0.3) is 0 Å². The van der Waals surface area contributed by atoms with Crippen molar-refractivity contribution in [3.8, 4) is 0 Å². The minimum Gasteiger partial charge on any atom is -0.329 e. The molecule has 7 heteroatoms. The monoisotopic (exact) mass is 269 g/mol. The molecule has 0 aliphatic rings. The Balaban J connectivity index is 1.99. The molecule has 1 aromatic carbocycles. The molecule has 2 rings (SSSR count). The summed E-state index contributed by atoms with van der Waals surface area (Å²) in [6, 6.07) is 7.75.